The third-order valence-corrected chi connectivity index (χ3v) is 2.99. The van der Waals surface area contributed by atoms with Crippen molar-refractivity contribution in [2.75, 3.05) is 11.5 Å². The van der Waals surface area contributed by atoms with Gasteiger partial charge in [-0.25, -0.2) is 0 Å². The van der Waals surface area contributed by atoms with Crippen LogP contribution in [-0.4, -0.2) is 22.3 Å². The minimum Gasteiger partial charge on any atom is -0.298 e. The summed E-state index contributed by atoms with van der Waals surface area (Å²) in [4.78, 5) is 15.3. The predicted molar refractivity (Wildman–Crippen MR) is 61.0 cm³/mol. The molecule has 0 aliphatic rings. The maximum atomic E-state index is 11.4. The fourth-order valence-corrected chi connectivity index (χ4v) is 1.75. The van der Waals surface area contributed by atoms with Crippen LogP contribution in [0.2, 0.25) is 5.02 Å². The van der Waals surface area contributed by atoms with E-state index in [2.05, 4.69) is 4.98 Å². The lowest BCUT2D eigenvalue weighted by atomic mass is 10.1. The van der Waals surface area contributed by atoms with Gasteiger partial charge in [-0.05, 0) is 17.4 Å². The topological polar surface area (TPSA) is 30.0 Å². The SMILES string of the molecule is CCSCC(=O)Cc1ccncc1Cl. The second-order valence-corrected chi connectivity index (χ2v) is 4.50. The maximum absolute atomic E-state index is 11.4. The number of halogens is 1. The first-order valence-corrected chi connectivity index (χ1v) is 5.95. The van der Waals surface area contributed by atoms with Gasteiger partial charge in [0.15, 0.2) is 0 Å². The number of rotatable bonds is 5. The van der Waals surface area contributed by atoms with Crippen molar-refractivity contribution in [1.82, 2.24) is 4.98 Å². The monoisotopic (exact) mass is 229 g/mol. The van der Waals surface area contributed by atoms with Crippen LogP contribution in [0.5, 0.6) is 0 Å². The van der Waals surface area contributed by atoms with Gasteiger partial charge in [0.05, 0.1) is 10.8 Å². The third kappa shape index (κ3) is 3.68. The van der Waals surface area contributed by atoms with Crippen molar-refractivity contribution in [2.24, 2.45) is 0 Å². The molecule has 0 radical (unpaired) electrons. The molecule has 1 aromatic heterocycles. The molecular weight excluding hydrogens is 218 g/mol. The second-order valence-electron chi connectivity index (χ2n) is 2.82. The van der Waals surface area contributed by atoms with Crippen LogP contribution in [0.15, 0.2) is 18.5 Å². The summed E-state index contributed by atoms with van der Waals surface area (Å²) in [6.45, 7) is 2.04. The van der Waals surface area contributed by atoms with Crippen LogP contribution >= 0.6 is 23.4 Å². The Kier molecular flexibility index (Phi) is 4.98. The molecule has 1 rings (SSSR count). The quantitative estimate of drug-likeness (QED) is 0.778. The lowest BCUT2D eigenvalue weighted by Crippen LogP contribution is -2.06. The van der Waals surface area contributed by atoms with Crippen molar-refractivity contribution < 1.29 is 4.79 Å². The van der Waals surface area contributed by atoms with Crippen molar-refractivity contribution in [1.29, 1.82) is 0 Å². The molecule has 2 nitrogen and oxygen atoms in total. The van der Waals surface area contributed by atoms with E-state index in [-0.39, 0.29) is 5.78 Å². The average Bonchev–Trinajstić information content (AvgIpc) is 2.18. The molecule has 0 saturated heterocycles. The van der Waals surface area contributed by atoms with Crippen molar-refractivity contribution in [2.45, 2.75) is 13.3 Å². The molecule has 0 aromatic carbocycles. The van der Waals surface area contributed by atoms with Crippen LogP contribution < -0.4 is 0 Å². The highest BCUT2D eigenvalue weighted by Gasteiger charge is 2.06. The molecular formula is C10H12ClNOS. The van der Waals surface area contributed by atoms with E-state index in [1.54, 1.807) is 30.2 Å². The summed E-state index contributed by atoms with van der Waals surface area (Å²) in [6, 6.07) is 1.79. The number of carbonyl (C=O) groups excluding carboxylic acids is 1. The normalized spacial score (nSPS) is 10.1. The Morgan fingerprint density at radius 2 is 2.43 bits per heavy atom. The average molecular weight is 230 g/mol. The number of carbonyl (C=O) groups is 1. The van der Waals surface area contributed by atoms with E-state index >= 15 is 0 Å². The molecule has 0 amide bonds. The third-order valence-electron chi connectivity index (χ3n) is 1.71. The number of hydrogen-bond acceptors (Lipinski definition) is 3. The Balaban J connectivity index is 2.52. The smallest absolute Gasteiger partial charge is 0.147 e. The van der Waals surface area contributed by atoms with Gasteiger partial charge in [0.2, 0.25) is 0 Å². The van der Waals surface area contributed by atoms with Crippen LogP contribution in [0.3, 0.4) is 0 Å². The lowest BCUT2D eigenvalue weighted by Gasteiger charge is -2.01. The maximum Gasteiger partial charge on any atom is 0.147 e. The number of hydrogen-bond donors (Lipinski definition) is 0. The van der Waals surface area contributed by atoms with E-state index in [9.17, 15) is 4.79 Å². The zero-order valence-corrected chi connectivity index (χ0v) is 9.57. The van der Waals surface area contributed by atoms with Crippen molar-refractivity contribution in [3.05, 3.63) is 29.0 Å². The Hall–Kier alpha value is -0.540. The molecule has 0 fully saturated rings. The zero-order chi connectivity index (χ0) is 10.4. The van der Waals surface area contributed by atoms with Crippen LogP contribution in [0, 0.1) is 0 Å². The molecule has 4 heteroatoms. The predicted octanol–water partition coefficient (Wildman–Crippen LogP) is 2.60. The van der Waals surface area contributed by atoms with Gasteiger partial charge in [0, 0.05) is 18.8 Å². The molecule has 0 bridgehead atoms. The van der Waals surface area contributed by atoms with Crippen molar-refractivity contribution in [3.63, 3.8) is 0 Å². The van der Waals surface area contributed by atoms with Gasteiger partial charge in [0.25, 0.3) is 0 Å². The summed E-state index contributed by atoms with van der Waals surface area (Å²) in [5.74, 6) is 1.75. The van der Waals surface area contributed by atoms with Gasteiger partial charge in [-0.2, -0.15) is 11.8 Å². The van der Waals surface area contributed by atoms with E-state index in [0.717, 1.165) is 11.3 Å². The molecule has 76 valence electrons. The van der Waals surface area contributed by atoms with E-state index in [4.69, 9.17) is 11.6 Å². The summed E-state index contributed by atoms with van der Waals surface area (Å²) in [7, 11) is 0. The highest BCUT2D eigenvalue weighted by molar-refractivity contribution is 7.99. The molecule has 1 aromatic rings. The summed E-state index contributed by atoms with van der Waals surface area (Å²) >= 11 is 7.51. The molecule has 0 N–H and O–H groups in total. The van der Waals surface area contributed by atoms with Gasteiger partial charge in [-0.15, -0.1) is 0 Å². The summed E-state index contributed by atoms with van der Waals surface area (Å²) in [5, 5.41) is 0.572. The highest BCUT2D eigenvalue weighted by atomic mass is 35.5. The van der Waals surface area contributed by atoms with Gasteiger partial charge in [-0.1, -0.05) is 18.5 Å². The summed E-state index contributed by atoms with van der Waals surface area (Å²) in [5.41, 5.74) is 0.864. The van der Waals surface area contributed by atoms with Gasteiger partial charge < -0.3 is 0 Å². The molecule has 0 saturated carbocycles. The van der Waals surface area contributed by atoms with Crippen LogP contribution in [0.25, 0.3) is 0 Å². The minimum atomic E-state index is 0.213. The van der Waals surface area contributed by atoms with E-state index in [1.165, 1.54) is 0 Å². The second kappa shape index (κ2) is 6.04. The fourth-order valence-electron chi connectivity index (χ4n) is 1.03. The van der Waals surface area contributed by atoms with E-state index in [0.29, 0.717) is 17.2 Å². The highest BCUT2D eigenvalue weighted by Crippen LogP contribution is 2.14. The van der Waals surface area contributed by atoms with Gasteiger partial charge in [0.1, 0.15) is 5.78 Å². The van der Waals surface area contributed by atoms with Crippen LogP contribution in [-0.2, 0) is 11.2 Å². The Labute approximate surface area is 93.1 Å². The number of nitrogens with zero attached hydrogens (tertiary/aromatic N) is 1. The Bertz CT molecular complexity index is 317. The molecule has 0 atom stereocenters. The number of thioether (sulfide) groups is 1. The molecule has 0 spiro atoms. The number of pyridine rings is 1. The number of Topliss-reactive ketones (excluding diaryl/α,β-unsaturated/α-hetero) is 1. The Morgan fingerprint density at radius 1 is 1.64 bits per heavy atom. The lowest BCUT2D eigenvalue weighted by molar-refractivity contribution is -0.116. The molecule has 0 aliphatic heterocycles. The standard InChI is InChI=1S/C10H12ClNOS/c1-2-14-7-9(13)5-8-3-4-12-6-10(8)11/h3-4,6H,2,5,7H2,1H3. The first-order chi connectivity index (χ1) is 6.74. The van der Waals surface area contributed by atoms with E-state index in [1.807, 2.05) is 6.92 Å². The molecule has 1 heterocycles. The number of ketones is 1. The van der Waals surface area contributed by atoms with Crippen LogP contribution in [0.4, 0.5) is 0 Å². The number of aromatic nitrogens is 1. The van der Waals surface area contributed by atoms with E-state index < -0.39 is 0 Å². The largest absolute Gasteiger partial charge is 0.298 e. The zero-order valence-electron chi connectivity index (χ0n) is 8.00. The first-order valence-electron chi connectivity index (χ1n) is 4.42. The van der Waals surface area contributed by atoms with Crippen LogP contribution in [0.1, 0.15) is 12.5 Å². The molecule has 0 aliphatic carbocycles. The summed E-state index contributed by atoms with van der Waals surface area (Å²) in [6.07, 6.45) is 3.63. The Morgan fingerprint density at radius 3 is 3.07 bits per heavy atom. The first kappa shape index (κ1) is 11.5. The fraction of sp³-hybridized carbons (Fsp3) is 0.400. The molecule has 14 heavy (non-hydrogen) atoms. The van der Waals surface area contributed by atoms with Gasteiger partial charge in [-0.3, -0.25) is 9.78 Å². The molecule has 0 unspecified atom stereocenters. The van der Waals surface area contributed by atoms with Crippen molar-refractivity contribution >= 4 is 29.1 Å². The summed E-state index contributed by atoms with van der Waals surface area (Å²) < 4.78 is 0. The van der Waals surface area contributed by atoms with Crippen molar-refractivity contribution in [3.8, 4) is 0 Å². The minimum absolute atomic E-state index is 0.213. The van der Waals surface area contributed by atoms with Gasteiger partial charge >= 0.3 is 0 Å².